The minimum Gasteiger partial charge on any atom is -0.462 e. The lowest BCUT2D eigenvalue weighted by molar-refractivity contribution is -0.157. The number of hydrogen-bond donors (Lipinski definition) is 0. The number of rotatable bonds is 8. The van der Waals surface area contributed by atoms with E-state index in [9.17, 15) is 9.59 Å². The molecule has 2 aliphatic carbocycles. The van der Waals surface area contributed by atoms with Crippen molar-refractivity contribution in [1.82, 2.24) is 0 Å². The molecule has 0 saturated heterocycles. The highest BCUT2D eigenvalue weighted by atomic mass is 16.5. The van der Waals surface area contributed by atoms with E-state index in [0.717, 1.165) is 25.7 Å². The predicted molar refractivity (Wildman–Crippen MR) is 116 cm³/mol. The van der Waals surface area contributed by atoms with Crippen LogP contribution in [0.4, 0.5) is 0 Å². The van der Waals surface area contributed by atoms with Gasteiger partial charge in [-0.15, -0.1) is 0 Å². The molecule has 0 aromatic carbocycles. The third-order valence-corrected chi connectivity index (χ3v) is 7.25. The number of ether oxygens (including phenoxy) is 2. The average Bonchev–Trinajstić information content (AvgIpc) is 2.61. The molecule has 2 aliphatic rings. The van der Waals surface area contributed by atoms with Gasteiger partial charge in [-0.1, -0.05) is 54.4 Å². The van der Waals surface area contributed by atoms with Gasteiger partial charge >= 0.3 is 11.9 Å². The Morgan fingerprint density at radius 2 is 1.10 bits per heavy atom. The normalized spacial score (nSPS) is 33.0. The van der Waals surface area contributed by atoms with Crippen LogP contribution in [0, 0.1) is 35.5 Å². The molecule has 2 saturated carbocycles. The van der Waals surface area contributed by atoms with E-state index < -0.39 is 0 Å². The van der Waals surface area contributed by atoms with Gasteiger partial charge in [0.2, 0.25) is 0 Å². The first-order valence-electron chi connectivity index (χ1n) is 12.1. The van der Waals surface area contributed by atoms with Crippen molar-refractivity contribution in [2.75, 3.05) is 0 Å². The molecule has 0 bridgehead atoms. The van der Waals surface area contributed by atoms with E-state index in [2.05, 4.69) is 41.5 Å². The number of esters is 2. The Morgan fingerprint density at radius 1 is 0.724 bits per heavy atom. The second-order valence-corrected chi connectivity index (χ2v) is 10.6. The van der Waals surface area contributed by atoms with Crippen molar-refractivity contribution < 1.29 is 19.1 Å². The van der Waals surface area contributed by atoms with E-state index in [0.29, 0.717) is 54.8 Å². The summed E-state index contributed by atoms with van der Waals surface area (Å²) >= 11 is 0. The molecule has 0 unspecified atom stereocenters. The molecule has 0 amide bonds. The summed E-state index contributed by atoms with van der Waals surface area (Å²) in [7, 11) is 0. The highest BCUT2D eigenvalue weighted by Gasteiger charge is 2.34. The Morgan fingerprint density at radius 3 is 1.45 bits per heavy atom. The maximum Gasteiger partial charge on any atom is 0.306 e. The van der Waals surface area contributed by atoms with Gasteiger partial charge < -0.3 is 9.47 Å². The van der Waals surface area contributed by atoms with Gasteiger partial charge in [0.25, 0.3) is 0 Å². The van der Waals surface area contributed by atoms with Crippen molar-refractivity contribution in [3.05, 3.63) is 0 Å². The molecule has 2 fully saturated rings. The Hall–Kier alpha value is -1.06. The van der Waals surface area contributed by atoms with Crippen LogP contribution in [0.3, 0.4) is 0 Å². The van der Waals surface area contributed by atoms with Crippen molar-refractivity contribution in [3.63, 3.8) is 0 Å². The fraction of sp³-hybridized carbons (Fsp3) is 0.920. The molecule has 4 heteroatoms. The minimum atomic E-state index is -0.158. The Balaban J connectivity index is 1.74. The number of carbonyl (C=O) groups is 2. The molecule has 29 heavy (non-hydrogen) atoms. The first-order valence-corrected chi connectivity index (χ1v) is 12.1. The highest BCUT2D eigenvalue weighted by Crippen LogP contribution is 2.36. The van der Waals surface area contributed by atoms with Crippen molar-refractivity contribution >= 4 is 11.9 Å². The van der Waals surface area contributed by atoms with Crippen LogP contribution in [0.5, 0.6) is 0 Å². The van der Waals surface area contributed by atoms with Crippen LogP contribution >= 0.6 is 0 Å². The third-order valence-electron chi connectivity index (χ3n) is 7.25. The van der Waals surface area contributed by atoms with E-state index in [-0.39, 0.29) is 24.1 Å². The Labute approximate surface area is 178 Å². The zero-order chi connectivity index (χ0) is 21.6. The zero-order valence-corrected chi connectivity index (χ0v) is 19.6. The van der Waals surface area contributed by atoms with Gasteiger partial charge in [-0.05, 0) is 67.6 Å². The highest BCUT2D eigenvalue weighted by molar-refractivity contribution is 5.72. The quantitative estimate of drug-likeness (QED) is 0.451. The lowest BCUT2D eigenvalue weighted by Gasteiger charge is -2.37. The summed E-state index contributed by atoms with van der Waals surface area (Å²) in [6.07, 6.45) is 7.85. The largest absolute Gasteiger partial charge is 0.462 e. The molecule has 0 aromatic heterocycles. The lowest BCUT2D eigenvalue weighted by atomic mass is 9.75. The van der Waals surface area contributed by atoms with Crippen LogP contribution in [0.15, 0.2) is 0 Å². The monoisotopic (exact) mass is 408 g/mol. The van der Waals surface area contributed by atoms with Gasteiger partial charge in [0.1, 0.15) is 12.2 Å². The van der Waals surface area contributed by atoms with E-state index in [1.54, 1.807) is 0 Å². The number of hydrogen-bond acceptors (Lipinski definition) is 4. The summed E-state index contributed by atoms with van der Waals surface area (Å²) in [6.45, 7) is 13.3. The molecule has 168 valence electrons. The van der Waals surface area contributed by atoms with Gasteiger partial charge in [-0.25, -0.2) is 0 Å². The van der Waals surface area contributed by atoms with Crippen LogP contribution in [0.25, 0.3) is 0 Å². The molecular weight excluding hydrogens is 364 g/mol. The van der Waals surface area contributed by atoms with Gasteiger partial charge in [0.15, 0.2) is 0 Å². The summed E-state index contributed by atoms with van der Waals surface area (Å²) in [5.41, 5.74) is 0. The molecule has 4 nitrogen and oxygen atoms in total. The molecular formula is C25H44O4. The molecule has 0 spiro atoms. The molecule has 6 atom stereocenters. The predicted octanol–water partition coefficient (Wildman–Crippen LogP) is 6.16. The van der Waals surface area contributed by atoms with Gasteiger partial charge in [-0.2, -0.15) is 0 Å². The zero-order valence-electron chi connectivity index (χ0n) is 19.6. The summed E-state index contributed by atoms with van der Waals surface area (Å²) in [5, 5.41) is 0. The molecule has 0 radical (unpaired) electrons. The fourth-order valence-electron chi connectivity index (χ4n) is 5.33. The molecule has 0 N–H and O–H groups in total. The van der Waals surface area contributed by atoms with Crippen LogP contribution < -0.4 is 0 Å². The first kappa shape index (κ1) is 24.2. The smallest absolute Gasteiger partial charge is 0.306 e. The van der Waals surface area contributed by atoms with Crippen molar-refractivity contribution in [2.45, 2.75) is 112 Å². The van der Waals surface area contributed by atoms with E-state index in [4.69, 9.17) is 9.47 Å². The van der Waals surface area contributed by atoms with Crippen LogP contribution in [-0.2, 0) is 19.1 Å². The summed E-state index contributed by atoms with van der Waals surface area (Å²) in [6, 6.07) is 0. The second-order valence-electron chi connectivity index (χ2n) is 10.6. The molecule has 0 heterocycles. The summed E-state index contributed by atoms with van der Waals surface area (Å²) in [4.78, 5) is 24.7. The van der Waals surface area contributed by atoms with E-state index >= 15 is 0 Å². The average molecular weight is 409 g/mol. The molecule has 0 aliphatic heterocycles. The second kappa shape index (κ2) is 11.4. The first-order chi connectivity index (χ1) is 13.7. The molecule has 0 aromatic rings. The van der Waals surface area contributed by atoms with Crippen molar-refractivity contribution in [3.8, 4) is 0 Å². The Bertz CT molecular complexity index is 481. The topological polar surface area (TPSA) is 52.6 Å². The van der Waals surface area contributed by atoms with E-state index in [1.165, 1.54) is 12.8 Å². The fourth-order valence-corrected chi connectivity index (χ4v) is 5.33. The van der Waals surface area contributed by atoms with Gasteiger partial charge in [0.05, 0.1) is 0 Å². The maximum atomic E-state index is 12.4. The van der Waals surface area contributed by atoms with Crippen LogP contribution in [-0.4, -0.2) is 24.1 Å². The van der Waals surface area contributed by atoms with Gasteiger partial charge in [0, 0.05) is 12.8 Å². The summed E-state index contributed by atoms with van der Waals surface area (Å²) < 4.78 is 11.7. The third kappa shape index (κ3) is 7.61. The maximum absolute atomic E-state index is 12.4. The molecule has 2 rings (SSSR count). The SMILES string of the molecule is CC(C)[C@@H]1CC[C@@H](C)C[C@H]1OC(=O)CCCC(=O)O[C@@H]1C[C@H](C)CC[C@H]1C(C)C. The van der Waals surface area contributed by atoms with E-state index in [1.807, 2.05) is 0 Å². The van der Waals surface area contributed by atoms with Gasteiger partial charge in [-0.3, -0.25) is 9.59 Å². The Kier molecular flexibility index (Phi) is 9.49. The van der Waals surface area contributed by atoms with Crippen LogP contribution in [0.2, 0.25) is 0 Å². The summed E-state index contributed by atoms with van der Waals surface area (Å²) in [5.74, 6) is 2.89. The van der Waals surface area contributed by atoms with Crippen molar-refractivity contribution in [1.29, 1.82) is 0 Å². The van der Waals surface area contributed by atoms with Crippen LogP contribution in [0.1, 0.15) is 99.3 Å². The number of carbonyl (C=O) groups excluding carboxylic acids is 2. The minimum absolute atomic E-state index is 0.0359. The van der Waals surface area contributed by atoms with Crippen molar-refractivity contribution in [2.24, 2.45) is 35.5 Å². The lowest BCUT2D eigenvalue weighted by Crippen LogP contribution is -2.36. The standard InChI is InChI=1S/C25H44O4/c1-16(2)20-12-10-18(5)14-22(20)28-24(26)8-7-9-25(27)29-23-15-19(6)11-13-21(23)17(3)4/h16-23H,7-15H2,1-6H3/t18-,19-,20+,21+,22-,23-/m1/s1.